The van der Waals surface area contributed by atoms with Crippen LogP contribution in [-0.4, -0.2) is 39.3 Å². The molecular weight excluding hydrogens is 385 g/mol. The fraction of sp³-hybridized carbons (Fsp3) is 0.350. The number of methoxy groups -OCH3 is 1. The lowest BCUT2D eigenvalue weighted by molar-refractivity contribution is -0.115. The third-order valence-electron chi connectivity index (χ3n) is 4.40. The number of halogens is 2. The Kier molecular flexibility index (Phi) is 10.2. The molecule has 0 bridgehead atoms. The maximum Gasteiger partial charge on any atom is 0.238 e. The van der Waals surface area contributed by atoms with Crippen LogP contribution in [0.1, 0.15) is 11.1 Å². The maximum absolute atomic E-state index is 12.1. The molecule has 2 aromatic rings. The summed E-state index contributed by atoms with van der Waals surface area (Å²) >= 11 is 0. The van der Waals surface area contributed by atoms with Crippen molar-refractivity contribution in [2.24, 2.45) is 0 Å². The molecule has 5 nitrogen and oxygen atoms in total. The molecule has 0 aliphatic carbocycles. The number of para-hydroxylation sites is 2. The van der Waals surface area contributed by atoms with Crippen molar-refractivity contribution in [2.45, 2.75) is 13.0 Å². The van der Waals surface area contributed by atoms with E-state index in [2.05, 4.69) is 45.9 Å². The number of amides is 1. The van der Waals surface area contributed by atoms with Crippen LogP contribution in [0.4, 0.5) is 11.4 Å². The fourth-order valence-corrected chi connectivity index (χ4v) is 3.13. The Balaban J connectivity index is 0.00000182. The molecule has 0 spiro atoms. The zero-order valence-electron chi connectivity index (χ0n) is 15.4. The van der Waals surface area contributed by atoms with Gasteiger partial charge >= 0.3 is 0 Å². The van der Waals surface area contributed by atoms with Crippen molar-refractivity contribution >= 4 is 42.1 Å². The van der Waals surface area contributed by atoms with Crippen molar-refractivity contribution < 1.29 is 9.53 Å². The summed E-state index contributed by atoms with van der Waals surface area (Å²) in [5, 5.41) is 6.08. The number of anilines is 2. The molecule has 148 valence electrons. The average Bonchev–Trinajstić information content (AvgIpc) is 3.04. The summed E-state index contributed by atoms with van der Waals surface area (Å²) in [7, 11) is 1.65. The average molecular weight is 412 g/mol. The largest absolute Gasteiger partial charge is 0.383 e. The first-order chi connectivity index (χ1) is 12.3. The van der Waals surface area contributed by atoms with Gasteiger partial charge in [-0.15, -0.1) is 24.8 Å². The molecule has 1 aliphatic heterocycles. The zero-order valence-corrected chi connectivity index (χ0v) is 17.1. The van der Waals surface area contributed by atoms with Crippen molar-refractivity contribution in [1.82, 2.24) is 5.32 Å². The molecule has 2 N–H and O–H groups in total. The van der Waals surface area contributed by atoms with Gasteiger partial charge in [0.15, 0.2) is 0 Å². The van der Waals surface area contributed by atoms with Gasteiger partial charge in [0, 0.05) is 38.1 Å². The Morgan fingerprint density at radius 3 is 2.67 bits per heavy atom. The first-order valence-electron chi connectivity index (χ1n) is 8.68. The number of rotatable bonds is 8. The number of hydrogen-bond donors (Lipinski definition) is 2. The number of hydrogen-bond acceptors (Lipinski definition) is 4. The molecule has 1 aliphatic rings. The molecule has 0 atom stereocenters. The zero-order chi connectivity index (χ0) is 17.5. The monoisotopic (exact) mass is 411 g/mol. The lowest BCUT2D eigenvalue weighted by atomic mass is 10.1. The fourth-order valence-electron chi connectivity index (χ4n) is 3.13. The number of fused-ring (bicyclic) bond motifs is 1. The molecule has 1 heterocycles. The standard InChI is InChI=1S/C20H25N3O2.2ClH/c1-25-13-11-21-14-20(24)22-18-8-4-2-7-17(18)15-23-12-10-16-6-3-5-9-19(16)23;;/h2-9,21H,10-15H2,1H3,(H,22,24);2*1H. The number of nitrogens with zero attached hydrogens (tertiary/aromatic N) is 1. The van der Waals surface area contributed by atoms with Gasteiger partial charge in [0.1, 0.15) is 0 Å². The first-order valence-corrected chi connectivity index (χ1v) is 8.68. The Morgan fingerprint density at radius 1 is 1.11 bits per heavy atom. The maximum atomic E-state index is 12.1. The lowest BCUT2D eigenvalue weighted by Crippen LogP contribution is -2.31. The quantitative estimate of drug-likeness (QED) is 0.654. The highest BCUT2D eigenvalue weighted by Gasteiger charge is 2.19. The van der Waals surface area contributed by atoms with Crippen LogP contribution in [0.25, 0.3) is 0 Å². The smallest absolute Gasteiger partial charge is 0.238 e. The summed E-state index contributed by atoms with van der Waals surface area (Å²) in [6.07, 6.45) is 1.08. The second-order valence-electron chi connectivity index (χ2n) is 6.18. The molecule has 27 heavy (non-hydrogen) atoms. The van der Waals surface area contributed by atoms with Crippen molar-refractivity contribution in [1.29, 1.82) is 0 Å². The first kappa shape index (κ1) is 23.2. The van der Waals surface area contributed by atoms with Gasteiger partial charge in [0.2, 0.25) is 5.91 Å². The molecule has 0 saturated carbocycles. The van der Waals surface area contributed by atoms with Crippen LogP contribution in [0.3, 0.4) is 0 Å². The van der Waals surface area contributed by atoms with Crippen LogP contribution in [0, 0.1) is 0 Å². The minimum absolute atomic E-state index is 0. The highest BCUT2D eigenvalue weighted by Crippen LogP contribution is 2.30. The predicted octanol–water partition coefficient (Wildman–Crippen LogP) is 3.27. The minimum atomic E-state index is -0.0367. The molecule has 1 amide bonds. The van der Waals surface area contributed by atoms with Gasteiger partial charge in [-0.3, -0.25) is 4.79 Å². The number of carbonyl (C=O) groups excluding carboxylic acids is 1. The molecule has 0 unspecified atom stereocenters. The van der Waals surface area contributed by atoms with Gasteiger partial charge < -0.3 is 20.3 Å². The van der Waals surface area contributed by atoms with Crippen LogP contribution < -0.4 is 15.5 Å². The molecule has 0 fully saturated rings. The van der Waals surface area contributed by atoms with Crippen LogP contribution >= 0.6 is 24.8 Å². The van der Waals surface area contributed by atoms with Crippen LogP contribution in [0.15, 0.2) is 48.5 Å². The second kappa shape index (κ2) is 11.8. The molecule has 3 rings (SSSR count). The molecule has 0 saturated heterocycles. The lowest BCUT2D eigenvalue weighted by Gasteiger charge is -2.21. The van der Waals surface area contributed by atoms with E-state index in [1.165, 1.54) is 11.3 Å². The van der Waals surface area contributed by atoms with E-state index in [-0.39, 0.29) is 37.3 Å². The van der Waals surface area contributed by atoms with Gasteiger partial charge in [0.05, 0.1) is 13.2 Å². The van der Waals surface area contributed by atoms with Gasteiger partial charge in [-0.25, -0.2) is 0 Å². The summed E-state index contributed by atoms with van der Waals surface area (Å²) in [6.45, 7) is 3.35. The van der Waals surface area contributed by atoms with Crippen molar-refractivity contribution in [3.8, 4) is 0 Å². The third kappa shape index (κ3) is 6.40. The summed E-state index contributed by atoms with van der Waals surface area (Å²) in [5.74, 6) is -0.0367. The van der Waals surface area contributed by atoms with E-state index in [0.29, 0.717) is 13.2 Å². The molecular formula is C20H27Cl2N3O2. The highest BCUT2D eigenvalue weighted by atomic mass is 35.5. The Morgan fingerprint density at radius 2 is 1.85 bits per heavy atom. The number of benzene rings is 2. The van der Waals surface area contributed by atoms with Crippen molar-refractivity contribution in [2.75, 3.05) is 43.6 Å². The summed E-state index contributed by atoms with van der Waals surface area (Å²) in [4.78, 5) is 14.5. The van der Waals surface area contributed by atoms with Gasteiger partial charge in [-0.2, -0.15) is 0 Å². The highest BCUT2D eigenvalue weighted by molar-refractivity contribution is 5.93. The van der Waals surface area contributed by atoms with Crippen molar-refractivity contribution in [3.63, 3.8) is 0 Å². The number of ether oxygens (including phenoxy) is 1. The molecule has 0 radical (unpaired) electrons. The van der Waals surface area contributed by atoms with E-state index in [4.69, 9.17) is 4.74 Å². The minimum Gasteiger partial charge on any atom is -0.383 e. The predicted molar refractivity (Wildman–Crippen MR) is 116 cm³/mol. The Bertz CT molecular complexity index is 728. The molecule has 7 heteroatoms. The van der Waals surface area contributed by atoms with Gasteiger partial charge in [-0.1, -0.05) is 36.4 Å². The van der Waals surface area contributed by atoms with Crippen LogP contribution in [0.2, 0.25) is 0 Å². The number of nitrogens with one attached hydrogen (secondary N) is 2. The van der Waals surface area contributed by atoms with E-state index in [1.54, 1.807) is 7.11 Å². The summed E-state index contributed by atoms with van der Waals surface area (Å²) < 4.78 is 4.96. The van der Waals surface area contributed by atoms with E-state index in [9.17, 15) is 4.79 Å². The Labute approximate surface area is 173 Å². The van der Waals surface area contributed by atoms with Crippen LogP contribution in [-0.2, 0) is 22.5 Å². The summed E-state index contributed by atoms with van der Waals surface area (Å²) in [6, 6.07) is 16.5. The van der Waals surface area contributed by atoms with E-state index < -0.39 is 0 Å². The van der Waals surface area contributed by atoms with Gasteiger partial charge in [-0.05, 0) is 29.7 Å². The number of carbonyl (C=O) groups is 1. The van der Waals surface area contributed by atoms with E-state index in [0.717, 1.165) is 30.8 Å². The van der Waals surface area contributed by atoms with E-state index in [1.807, 2.05) is 18.2 Å². The molecule has 0 aromatic heterocycles. The molecule has 2 aromatic carbocycles. The topological polar surface area (TPSA) is 53.6 Å². The third-order valence-corrected chi connectivity index (χ3v) is 4.40. The summed E-state index contributed by atoms with van der Waals surface area (Å²) in [5.41, 5.74) is 4.70. The van der Waals surface area contributed by atoms with E-state index >= 15 is 0 Å². The van der Waals surface area contributed by atoms with Crippen molar-refractivity contribution in [3.05, 3.63) is 59.7 Å². The second-order valence-corrected chi connectivity index (χ2v) is 6.18. The van der Waals surface area contributed by atoms with Crippen LogP contribution in [0.5, 0.6) is 0 Å². The van der Waals surface area contributed by atoms with Gasteiger partial charge in [0.25, 0.3) is 0 Å². The SMILES string of the molecule is COCCNCC(=O)Nc1ccccc1CN1CCc2ccccc21.Cl.Cl. The Hall–Kier alpha value is -1.79. The normalized spacial score (nSPS) is 12.0.